The highest BCUT2D eigenvalue weighted by Crippen LogP contribution is 2.42. The second-order valence-corrected chi connectivity index (χ2v) is 22.1. The number of hydrogen-bond acceptors (Lipinski definition) is 16. The molecule has 0 saturated heterocycles. The maximum absolute atomic E-state index is 14.2. The lowest BCUT2D eigenvalue weighted by atomic mass is 10.0. The summed E-state index contributed by atoms with van der Waals surface area (Å²) in [4.78, 5) is 107. The zero-order valence-corrected chi connectivity index (χ0v) is 50.1. The van der Waals surface area contributed by atoms with Crippen LogP contribution >= 0.6 is 0 Å². The summed E-state index contributed by atoms with van der Waals surface area (Å²) in [5.41, 5.74) is 6.29. The Morgan fingerprint density at radius 3 is 1.71 bits per heavy atom. The number of amides is 7. The molecular weight excluding hydrogens is 1140 g/mol. The lowest BCUT2D eigenvalue weighted by molar-refractivity contribution is -0.138. The monoisotopic (exact) mass is 1210 g/mol. The molecule has 7 amide bonds. The highest BCUT2D eigenvalue weighted by atomic mass is 16.5. The summed E-state index contributed by atoms with van der Waals surface area (Å²) < 4.78 is 34.6. The van der Waals surface area contributed by atoms with Gasteiger partial charge in [0.05, 0.1) is 86.8 Å². The van der Waals surface area contributed by atoms with Gasteiger partial charge in [0.25, 0.3) is 23.6 Å². The maximum atomic E-state index is 14.2. The molecule has 5 aromatic rings. The summed E-state index contributed by atoms with van der Waals surface area (Å²) in [6.45, 7) is 5.73. The summed E-state index contributed by atoms with van der Waals surface area (Å²) in [5, 5.41) is 17.3. The fourth-order valence-corrected chi connectivity index (χ4v) is 10.8. The summed E-state index contributed by atoms with van der Waals surface area (Å²) in [6, 6.07) is 27.2. The predicted octanol–water partition coefficient (Wildman–Crippen LogP) is 8.85. The van der Waals surface area contributed by atoms with E-state index in [-0.39, 0.29) is 67.7 Å². The quantitative estimate of drug-likeness (QED) is 0.0364. The van der Waals surface area contributed by atoms with Crippen LogP contribution < -0.4 is 44.4 Å². The number of nitrogens with zero attached hydrogens (tertiary/aromatic N) is 6. The van der Waals surface area contributed by atoms with Crippen molar-refractivity contribution in [3.05, 3.63) is 149 Å². The molecule has 0 radical (unpaired) electrons. The van der Waals surface area contributed by atoms with Crippen LogP contribution in [0.4, 0.5) is 17.1 Å². The van der Waals surface area contributed by atoms with Crippen LogP contribution in [0.5, 0.6) is 34.5 Å². The number of aliphatic imine (C=N–C) groups is 2. The van der Waals surface area contributed by atoms with Gasteiger partial charge < -0.3 is 54.2 Å². The molecule has 0 spiro atoms. The average Bonchev–Trinajstić information content (AvgIpc) is 1.88. The third kappa shape index (κ3) is 14.0. The van der Waals surface area contributed by atoms with E-state index in [0.717, 1.165) is 39.0 Å². The van der Waals surface area contributed by atoms with E-state index in [4.69, 9.17) is 43.7 Å². The van der Waals surface area contributed by atoms with Crippen molar-refractivity contribution in [3.63, 3.8) is 0 Å². The average molecular weight is 1210 g/mol. The number of nitriles is 1. The van der Waals surface area contributed by atoms with Crippen LogP contribution in [0.25, 0.3) is 11.1 Å². The molecule has 89 heavy (non-hydrogen) atoms. The normalized spacial score (nSPS) is 17.0. The molecule has 0 aromatic heterocycles. The molecule has 5 heterocycles. The number of ether oxygens (including phenoxy) is 6. The molecule has 3 N–H and O–H groups in total. The van der Waals surface area contributed by atoms with Gasteiger partial charge in [-0.1, -0.05) is 44.5 Å². The Morgan fingerprint density at radius 2 is 1.18 bits per heavy atom. The van der Waals surface area contributed by atoms with Gasteiger partial charge in [0, 0.05) is 74.9 Å². The molecular formula is C67H67N9O13. The molecule has 0 fully saturated rings. The van der Waals surface area contributed by atoms with Gasteiger partial charge in [-0.05, 0) is 109 Å². The number of rotatable bonds is 25. The van der Waals surface area contributed by atoms with Crippen LogP contribution in [0.3, 0.4) is 0 Å². The minimum atomic E-state index is -0.958. The van der Waals surface area contributed by atoms with E-state index in [0.29, 0.717) is 101 Å². The highest BCUT2D eigenvalue weighted by molar-refractivity contribution is 6.15. The van der Waals surface area contributed by atoms with Crippen LogP contribution in [-0.4, -0.2) is 134 Å². The summed E-state index contributed by atoms with van der Waals surface area (Å²) in [7, 11) is 4.64. The Morgan fingerprint density at radius 1 is 0.629 bits per heavy atom. The Balaban J connectivity index is 0.659. The van der Waals surface area contributed by atoms with E-state index >= 15 is 0 Å². The van der Waals surface area contributed by atoms with Crippen LogP contribution in [0.15, 0.2) is 131 Å². The Hall–Kier alpha value is -10.6. The van der Waals surface area contributed by atoms with Crippen molar-refractivity contribution in [2.45, 2.75) is 89.9 Å². The molecule has 5 aliphatic heterocycles. The molecule has 10 rings (SSSR count). The SMILES string of the molecule is COc1ccc(C2=CN3C(=O)c4cc(OC)c(OCCCOc5cc6c(cc5OC)C(=O)N5C=C(c7ccc(NC(=O)C(C)NC(=O)C(NC(=O)CCCCCN8C(=O)C=C(Oc9ccc(C#N)cc9)C8=O)C(C)C)cc7)C[C@H]5C=N6)cc4N=C[C@@H]3C2)cc1. The lowest BCUT2D eigenvalue weighted by Crippen LogP contribution is -2.53. The van der Waals surface area contributed by atoms with Gasteiger partial charge in [0.1, 0.15) is 23.6 Å². The third-order valence-electron chi connectivity index (χ3n) is 15.7. The Bertz CT molecular complexity index is 3790. The van der Waals surface area contributed by atoms with Crippen molar-refractivity contribution in [2.24, 2.45) is 15.9 Å². The number of carbonyl (C=O) groups is 7. The van der Waals surface area contributed by atoms with Crippen molar-refractivity contribution >= 4 is 82.0 Å². The fraction of sp³-hybridized carbons (Fsp3) is 0.313. The zero-order chi connectivity index (χ0) is 62.9. The van der Waals surface area contributed by atoms with Gasteiger partial charge in [0.15, 0.2) is 28.8 Å². The molecule has 4 atom stereocenters. The number of unbranched alkanes of at least 4 members (excludes halogenated alkanes) is 2. The topological polar surface area (TPSA) is 269 Å². The number of hydrogen-bond donors (Lipinski definition) is 3. The summed E-state index contributed by atoms with van der Waals surface area (Å²) >= 11 is 0. The molecule has 5 aromatic carbocycles. The minimum Gasteiger partial charge on any atom is -0.497 e. The van der Waals surface area contributed by atoms with Crippen molar-refractivity contribution in [2.75, 3.05) is 46.4 Å². The summed E-state index contributed by atoms with van der Waals surface area (Å²) in [6.07, 6.45) is 11.4. The second-order valence-electron chi connectivity index (χ2n) is 22.1. The van der Waals surface area contributed by atoms with Gasteiger partial charge >= 0.3 is 0 Å². The molecule has 2 unspecified atom stereocenters. The van der Waals surface area contributed by atoms with Gasteiger partial charge in [-0.25, -0.2) is 0 Å². The largest absolute Gasteiger partial charge is 0.497 e. The number of benzene rings is 5. The first kappa shape index (κ1) is 61.5. The first-order chi connectivity index (χ1) is 43.0. The lowest BCUT2D eigenvalue weighted by Gasteiger charge is -2.24. The number of carbonyl (C=O) groups excluding carboxylic acids is 7. The van der Waals surface area contributed by atoms with E-state index < -0.39 is 35.7 Å². The minimum absolute atomic E-state index is 0.100. The number of nitrogens with one attached hydrogen (secondary N) is 3. The van der Waals surface area contributed by atoms with Crippen LogP contribution in [0.1, 0.15) is 103 Å². The van der Waals surface area contributed by atoms with Crippen molar-refractivity contribution < 1.29 is 62.0 Å². The van der Waals surface area contributed by atoms with Crippen LogP contribution in [0, 0.1) is 17.2 Å². The van der Waals surface area contributed by atoms with Crippen molar-refractivity contribution in [1.29, 1.82) is 5.26 Å². The van der Waals surface area contributed by atoms with Gasteiger partial charge in [-0.15, -0.1) is 0 Å². The molecule has 0 bridgehead atoms. The number of fused-ring (bicyclic) bond motifs is 4. The van der Waals surface area contributed by atoms with E-state index in [1.54, 1.807) is 105 Å². The Labute approximate surface area is 514 Å². The fourth-order valence-electron chi connectivity index (χ4n) is 10.8. The first-order valence-corrected chi connectivity index (χ1v) is 29.3. The molecule has 0 aliphatic carbocycles. The first-order valence-electron chi connectivity index (χ1n) is 29.3. The van der Waals surface area contributed by atoms with Crippen LogP contribution in [0.2, 0.25) is 0 Å². The van der Waals surface area contributed by atoms with Crippen molar-refractivity contribution in [1.82, 2.24) is 25.3 Å². The maximum Gasteiger partial charge on any atom is 0.296 e. The van der Waals surface area contributed by atoms with Gasteiger partial charge in [-0.3, -0.25) is 48.4 Å². The van der Waals surface area contributed by atoms with Crippen molar-refractivity contribution in [3.8, 4) is 40.6 Å². The third-order valence-corrected chi connectivity index (χ3v) is 15.7. The predicted molar refractivity (Wildman–Crippen MR) is 330 cm³/mol. The Kier molecular flexibility index (Phi) is 19.0. The van der Waals surface area contributed by atoms with Gasteiger partial charge in [-0.2, -0.15) is 5.26 Å². The summed E-state index contributed by atoms with van der Waals surface area (Å²) in [5.74, 6) is -0.640. The zero-order valence-electron chi connectivity index (χ0n) is 50.1. The molecule has 5 aliphatic rings. The number of imide groups is 1. The molecule has 22 nitrogen and oxygen atoms in total. The molecule has 0 saturated carbocycles. The number of anilines is 1. The molecule has 22 heteroatoms. The smallest absolute Gasteiger partial charge is 0.296 e. The number of methoxy groups -OCH3 is 3. The molecule has 458 valence electrons. The highest BCUT2D eigenvalue weighted by Gasteiger charge is 2.37. The van der Waals surface area contributed by atoms with E-state index in [9.17, 15) is 33.6 Å². The van der Waals surface area contributed by atoms with Gasteiger partial charge in [0.2, 0.25) is 17.7 Å². The second kappa shape index (κ2) is 27.4. The van der Waals surface area contributed by atoms with E-state index in [1.165, 1.54) is 26.4 Å². The van der Waals surface area contributed by atoms with E-state index in [1.807, 2.05) is 48.7 Å². The van der Waals surface area contributed by atoms with E-state index in [2.05, 4.69) is 16.0 Å². The standard InChI is InChI=1S/C67H67N9O13/c1-39(2)62(73-60(77)11-8-7-9-24-74-61(78)33-59(67(74)83)89-50-20-12-41(34-68)13-21-50)64(80)71-40(3)63(79)72-46-18-14-42(15-19-46)44-27-47-35-69-53-31-57(55(85-5)29-51(53)65(81)75(47)37-44)87-25-10-26-88-58-32-54-52(30-56(58)86-6)66(82)76-38-45(28-48(76)36-70-54)43-16-22-49(84-4)23-17-43/h12-23,29-33,35-40,47-48,62H,7-11,24-28H2,1-6H3,(H,71,80)(H,72,79)(H,73,77)/t40?,47-,48-,62?/m0/s1. The van der Waals surface area contributed by atoms with Crippen LogP contribution in [-0.2, 0) is 24.0 Å².